The van der Waals surface area contributed by atoms with Crippen molar-refractivity contribution in [3.05, 3.63) is 23.9 Å². The summed E-state index contributed by atoms with van der Waals surface area (Å²) in [5, 5.41) is 18.1. The van der Waals surface area contributed by atoms with Gasteiger partial charge in [0.1, 0.15) is 11.5 Å². The van der Waals surface area contributed by atoms with Gasteiger partial charge in [0, 0.05) is 0 Å². The molecule has 0 bridgehead atoms. The maximum Gasteiger partial charge on any atom is 0.180 e. The second-order valence-electron chi connectivity index (χ2n) is 2.27. The maximum atomic E-state index is 7.22. The van der Waals surface area contributed by atoms with Gasteiger partial charge in [-0.1, -0.05) is 6.07 Å². The first-order valence-corrected chi connectivity index (χ1v) is 3.30. The Kier molecular flexibility index (Phi) is 1.26. The van der Waals surface area contributed by atoms with Crippen LogP contribution < -0.4 is 5.73 Å². The highest BCUT2D eigenvalue weighted by molar-refractivity contribution is 5.93. The molecule has 0 saturated carbocycles. The fourth-order valence-electron chi connectivity index (χ4n) is 0.969. The number of nitrogens with one attached hydrogen (secondary N) is 1. The molecule has 3 N–H and O–H groups in total. The number of rotatable bonds is 1. The van der Waals surface area contributed by atoms with E-state index in [4.69, 9.17) is 11.1 Å². The number of hydrogen-bond donors (Lipinski definition) is 2. The Balaban J connectivity index is 2.82. The molecule has 0 aliphatic carbocycles. The highest BCUT2D eigenvalue weighted by Gasteiger charge is 2.03. The molecule has 2 aromatic heterocycles. The molecule has 0 radical (unpaired) electrons. The zero-order valence-corrected chi connectivity index (χ0v) is 6.10. The third kappa shape index (κ3) is 0.815. The maximum absolute atomic E-state index is 7.22. The Hall–Kier alpha value is -1.98. The van der Waals surface area contributed by atoms with Crippen molar-refractivity contribution in [3.8, 4) is 0 Å². The van der Waals surface area contributed by atoms with Crippen LogP contribution in [0.5, 0.6) is 0 Å². The van der Waals surface area contributed by atoms with Gasteiger partial charge in [-0.2, -0.15) is 4.52 Å². The molecule has 0 spiro atoms. The molecular weight excluding hydrogens is 156 g/mol. The summed E-state index contributed by atoms with van der Waals surface area (Å²) in [4.78, 5) is 0. The Bertz CT molecular complexity index is 430. The second-order valence-corrected chi connectivity index (χ2v) is 2.27. The minimum Gasteiger partial charge on any atom is -0.382 e. The van der Waals surface area contributed by atoms with Crippen LogP contribution in [0.4, 0.5) is 0 Å². The molecule has 0 aromatic carbocycles. The number of fused-ring (bicyclic) bond motifs is 1. The minimum absolute atomic E-state index is 0.0482. The lowest BCUT2D eigenvalue weighted by molar-refractivity contribution is 0.816. The molecule has 2 aromatic rings. The van der Waals surface area contributed by atoms with Crippen LogP contribution in [0.2, 0.25) is 0 Å². The molecule has 2 heterocycles. The highest BCUT2D eigenvalue weighted by atomic mass is 15.5. The van der Waals surface area contributed by atoms with Crippen LogP contribution in [-0.2, 0) is 0 Å². The minimum atomic E-state index is -0.0482. The normalized spacial score (nSPS) is 10.3. The van der Waals surface area contributed by atoms with Gasteiger partial charge in [-0.25, -0.2) is 0 Å². The van der Waals surface area contributed by atoms with E-state index in [0.717, 1.165) is 0 Å². The first-order valence-electron chi connectivity index (χ1n) is 3.30. The van der Waals surface area contributed by atoms with E-state index in [1.807, 2.05) is 0 Å². The Labute approximate surface area is 67.5 Å². The highest BCUT2D eigenvalue weighted by Crippen LogP contribution is 2.00. The van der Waals surface area contributed by atoms with E-state index in [-0.39, 0.29) is 5.84 Å². The number of hydrogen-bond acceptors (Lipinski definition) is 4. The summed E-state index contributed by atoms with van der Waals surface area (Å²) in [5.74, 6) is -0.0482. The number of amidine groups is 1. The number of aromatic nitrogens is 4. The zero-order valence-electron chi connectivity index (χ0n) is 6.10. The van der Waals surface area contributed by atoms with Gasteiger partial charge in [-0.3, -0.25) is 5.41 Å². The number of nitrogens with zero attached hydrogens (tertiary/aromatic N) is 4. The largest absolute Gasteiger partial charge is 0.382 e. The summed E-state index contributed by atoms with van der Waals surface area (Å²) in [5.41, 5.74) is 6.39. The summed E-state index contributed by atoms with van der Waals surface area (Å²) < 4.78 is 1.42. The van der Waals surface area contributed by atoms with Gasteiger partial charge in [0.15, 0.2) is 5.65 Å². The molecule has 0 aliphatic heterocycles. The summed E-state index contributed by atoms with van der Waals surface area (Å²) in [6, 6.07) is 5.18. The van der Waals surface area contributed by atoms with Crippen LogP contribution in [0.15, 0.2) is 18.2 Å². The molecule has 6 nitrogen and oxygen atoms in total. The molecule has 0 saturated heterocycles. The quantitative estimate of drug-likeness (QED) is 0.433. The van der Waals surface area contributed by atoms with E-state index >= 15 is 0 Å². The van der Waals surface area contributed by atoms with Crippen molar-refractivity contribution in [1.82, 2.24) is 20.0 Å². The molecule has 0 unspecified atom stereocenters. The fourth-order valence-corrected chi connectivity index (χ4v) is 0.969. The zero-order chi connectivity index (χ0) is 8.55. The fraction of sp³-hybridized carbons (Fsp3) is 0. The molecule has 0 amide bonds. The molecule has 0 aliphatic rings. The van der Waals surface area contributed by atoms with Crippen molar-refractivity contribution in [2.45, 2.75) is 0 Å². The lowest BCUT2D eigenvalue weighted by Gasteiger charge is -1.98. The van der Waals surface area contributed by atoms with Crippen LogP contribution in [0.3, 0.4) is 0 Å². The summed E-state index contributed by atoms with van der Waals surface area (Å²) in [6.07, 6.45) is 0. The SMILES string of the molecule is N=C(N)c1cccc2nnnn12. The van der Waals surface area contributed by atoms with E-state index in [1.165, 1.54) is 4.52 Å². The molecule has 60 valence electrons. The monoisotopic (exact) mass is 162 g/mol. The van der Waals surface area contributed by atoms with Gasteiger partial charge < -0.3 is 5.73 Å². The number of nitrogens with two attached hydrogens (primary N) is 1. The second kappa shape index (κ2) is 2.26. The number of pyridine rings is 1. The van der Waals surface area contributed by atoms with Gasteiger partial charge in [-0.15, -0.1) is 5.10 Å². The van der Waals surface area contributed by atoms with Crippen molar-refractivity contribution < 1.29 is 0 Å². The third-order valence-corrected chi connectivity index (χ3v) is 1.50. The van der Waals surface area contributed by atoms with Crippen LogP contribution >= 0.6 is 0 Å². The molecular formula is C6H6N6. The van der Waals surface area contributed by atoms with E-state index in [9.17, 15) is 0 Å². The predicted molar refractivity (Wildman–Crippen MR) is 41.8 cm³/mol. The topological polar surface area (TPSA) is 93.0 Å². The van der Waals surface area contributed by atoms with Crippen LogP contribution in [0.25, 0.3) is 5.65 Å². The average Bonchev–Trinajstić information content (AvgIpc) is 2.49. The van der Waals surface area contributed by atoms with Gasteiger partial charge in [0.2, 0.25) is 0 Å². The number of tetrazole rings is 1. The first-order chi connectivity index (χ1) is 5.79. The smallest absolute Gasteiger partial charge is 0.180 e. The molecule has 0 fully saturated rings. The van der Waals surface area contributed by atoms with Gasteiger partial charge in [0.05, 0.1) is 0 Å². The third-order valence-electron chi connectivity index (χ3n) is 1.50. The van der Waals surface area contributed by atoms with Crippen LogP contribution in [-0.4, -0.2) is 25.9 Å². The van der Waals surface area contributed by atoms with E-state index in [0.29, 0.717) is 11.3 Å². The van der Waals surface area contributed by atoms with Crippen molar-refractivity contribution in [2.24, 2.45) is 5.73 Å². The van der Waals surface area contributed by atoms with Gasteiger partial charge in [-0.05, 0) is 22.6 Å². The molecule has 2 rings (SSSR count). The summed E-state index contributed by atoms with van der Waals surface area (Å²) >= 11 is 0. The van der Waals surface area contributed by atoms with Crippen LogP contribution in [0.1, 0.15) is 5.69 Å². The van der Waals surface area contributed by atoms with Crippen molar-refractivity contribution >= 4 is 11.5 Å². The van der Waals surface area contributed by atoms with E-state index < -0.39 is 0 Å². The molecule has 0 atom stereocenters. The van der Waals surface area contributed by atoms with E-state index in [1.54, 1.807) is 18.2 Å². The average molecular weight is 162 g/mol. The summed E-state index contributed by atoms with van der Waals surface area (Å²) in [7, 11) is 0. The Morgan fingerprint density at radius 3 is 3.08 bits per heavy atom. The molecule has 12 heavy (non-hydrogen) atoms. The Morgan fingerprint density at radius 1 is 1.50 bits per heavy atom. The van der Waals surface area contributed by atoms with Crippen molar-refractivity contribution in [3.63, 3.8) is 0 Å². The molecule has 6 heteroatoms. The van der Waals surface area contributed by atoms with Crippen LogP contribution in [0, 0.1) is 5.41 Å². The van der Waals surface area contributed by atoms with Gasteiger partial charge >= 0.3 is 0 Å². The summed E-state index contributed by atoms with van der Waals surface area (Å²) in [6.45, 7) is 0. The van der Waals surface area contributed by atoms with Crippen molar-refractivity contribution in [2.75, 3.05) is 0 Å². The van der Waals surface area contributed by atoms with Gasteiger partial charge in [0.25, 0.3) is 0 Å². The standard InChI is InChI=1S/C6H6N6/c7-6(8)4-2-1-3-5-9-10-11-12(4)5/h1-3H,(H3,7,8). The van der Waals surface area contributed by atoms with Crippen molar-refractivity contribution in [1.29, 1.82) is 5.41 Å². The first kappa shape index (κ1) is 6.71. The number of nitrogen functional groups attached to an aromatic ring is 1. The lowest BCUT2D eigenvalue weighted by atomic mass is 10.3. The Morgan fingerprint density at radius 2 is 2.33 bits per heavy atom. The lowest BCUT2D eigenvalue weighted by Crippen LogP contribution is -2.16. The van der Waals surface area contributed by atoms with E-state index in [2.05, 4.69) is 15.5 Å². The predicted octanol–water partition coefficient (Wildman–Crippen LogP) is -0.592.